The van der Waals surface area contributed by atoms with Crippen LogP contribution in [-0.4, -0.2) is 20.6 Å². The first-order valence-corrected chi connectivity index (χ1v) is 4.29. The van der Waals surface area contributed by atoms with E-state index in [-0.39, 0.29) is 16.6 Å². The molecular weight excluding hydrogens is 196 g/mol. The van der Waals surface area contributed by atoms with E-state index in [1.165, 1.54) is 24.0 Å². The van der Waals surface area contributed by atoms with Crippen molar-refractivity contribution < 1.29 is 9.90 Å². The minimum absolute atomic E-state index is 0.0349. The quantitative estimate of drug-likeness (QED) is 0.739. The smallest absolute Gasteiger partial charge is 0.339 e. The van der Waals surface area contributed by atoms with E-state index in [1.54, 1.807) is 12.1 Å². The largest absolute Gasteiger partial charge is 0.478 e. The molecule has 0 saturated carbocycles. The first-order chi connectivity index (χ1) is 7.11. The molecular formula is C10H8N2O3. The average molecular weight is 204 g/mol. The van der Waals surface area contributed by atoms with Gasteiger partial charge in [0.25, 0.3) is 5.56 Å². The molecule has 0 radical (unpaired) electrons. The third-order valence-corrected chi connectivity index (χ3v) is 2.17. The molecule has 0 bridgehead atoms. The molecule has 0 amide bonds. The Hall–Kier alpha value is -2.17. The highest BCUT2D eigenvalue weighted by atomic mass is 16.4. The van der Waals surface area contributed by atoms with Gasteiger partial charge in [0.05, 0.1) is 10.9 Å². The van der Waals surface area contributed by atoms with E-state index < -0.39 is 5.97 Å². The molecule has 0 aliphatic heterocycles. The number of hydrogen-bond acceptors (Lipinski definition) is 3. The van der Waals surface area contributed by atoms with Gasteiger partial charge >= 0.3 is 5.97 Å². The molecule has 0 atom stereocenters. The molecule has 0 unspecified atom stereocenters. The second-order valence-corrected chi connectivity index (χ2v) is 3.16. The summed E-state index contributed by atoms with van der Waals surface area (Å²) in [6.07, 6.45) is 2.74. The number of pyridine rings is 2. The van der Waals surface area contributed by atoms with E-state index in [0.29, 0.717) is 5.39 Å². The number of rotatable bonds is 1. The summed E-state index contributed by atoms with van der Waals surface area (Å²) in [6, 6.07) is 3.17. The summed E-state index contributed by atoms with van der Waals surface area (Å²) >= 11 is 0. The zero-order valence-corrected chi connectivity index (χ0v) is 7.97. The summed E-state index contributed by atoms with van der Waals surface area (Å²) < 4.78 is 1.24. The van der Waals surface area contributed by atoms with Crippen LogP contribution in [0.3, 0.4) is 0 Å². The summed E-state index contributed by atoms with van der Waals surface area (Å²) in [5, 5.41) is 9.26. The number of aryl methyl sites for hydroxylation is 1. The maximum absolute atomic E-state index is 11.6. The molecule has 76 valence electrons. The Morgan fingerprint density at radius 1 is 1.53 bits per heavy atom. The maximum Gasteiger partial charge on any atom is 0.339 e. The lowest BCUT2D eigenvalue weighted by molar-refractivity contribution is 0.0698. The van der Waals surface area contributed by atoms with E-state index in [4.69, 9.17) is 5.11 Å². The summed E-state index contributed by atoms with van der Waals surface area (Å²) in [7, 11) is 1.52. The van der Waals surface area contributed by atoms with Gasteiger partial charge in [-0.3, -0.25) is 9.78 Å². The van der Waals surface area contributed by atoms with Crippen LogP contribution >= 0.6 is 0 Å². The van der Waals surface area contributed by atoms with Crippen molar-refractivity contribution in [2.45, 2.75) is 0 Å². The number of nitrogens with zero attached hydrogens (tertiary/aromatic N) is 2. The lowest BCUT2D eigenvalue weighted by Gasteiger charge is -2.03. The topological polar surface area (TPSA) is 72.2 Å². The van der Waals surface area contributed by atoms with Crippen molar-refractivity contribution in [3.63, 3.8) is 0 Å². The van der Waals surface area contributed by atoms with Gasteiger partial charge in [0.2, 0.25) is 0 Å². The van der Waals surface area contributed by atoms with Gasteiger partial charge in [0.15, 0.2) is 0 Å². The second kappa shape index (κ2) is 3.20. The summed E-state index contributed by atoms with van der Waals surface area (Å²) in [6.45, 7) is 0. The van der Waals surface area contributed by atoms with Crippen LogP contribution in [0.4, 0.5) is 0 Å². The monoisotopic (exact) mass is 204 g/mol. The molecule has 0 aromatic carbocycles. The molecule has 1 N–H and O–H groups in total. The SMILES string of the molecule is Cn1cc(C(=O)O)c2ncccc2c1=O. The fraction of sp³-hybridized carbons (Fsp3) is 0.100. The summed E-state index contributed by atoms with van der Waals surface area (Å²) in [5.41, 5.74) is 0.0175. The van der Waals surface area contributed by atoms with E-state index >= 15 is 0 Å². The van der Waals surface area contributed by atoms with Crippen LogP contribution in [0.25, 0.3) is 10.9 Å². The summed E-state index contributed by atoms with van der Waals surface area (Å²) in [4.78, 5) is 26.5. The van der Waals surface area contributed by atoms with Gasteiger partial charge in [-0.15, -0.1) is 0 Å². The van der Waals surface area contributed by atoms with E-state index in [9.17, 15) is 9.59 Å². The molecule has 5 heteroatoms. The molecule has 2 rings (SSSR count). The first kappa shape index (κ1) is 9.39. The molecule has 0 aliphatic rings. The fourth-order valence-electron chi connectivity index (χ4n) is 1.45. The average Bonchev–Trinajstić information content (AvgIpc) is 2.23. The number of fused-ring (bicyclic) bond motifs is 1. The highest BCUT2D eigenvalue weighted by Crippen LogP contribution is 2.11. The predicted octanol–water partition coefficient (Wildman–Crippen LogP) is 0.632. The van der Waals surface area contributed by atoms with Crippen LogP contribution < -0.4 is 5.56 Å². The number of aromatic nitrogens is 2. The standard InChI is InChI=1S/C10H8N2O3/c1-12-5-7(10(14)15)8-6(9(12)13)3-2-4-11-8/h2-5H,1H3,(H,14,15). The van der Waals surface area contributed by atoms with Gasteiger partial charge in [-0.25, -0.2) is 4.79 Å². The number of carboxylic acids is 1. The number of aromatic carboxylic acids is 1. The van der Waals surface area contributed by atoms with E-state index in [1.807, 2.05) is 0 Å². The fourth-order valence-corrected chi connectivity index (χ4v) is 1.45. The molecule has 0 spiro atoms. The second-order valence-electron chi connectivity index (χ2n) is 3.16. The van der Waals surface area contributed by atoms with E-state index in [0.717, 1.165) is 0 Å². The third kappa shape index (κ3) is 1.38. The highest BCUT2D eigenvalue weighted by molar-refractivity contribution is 6.00. The Labute approximate surface area is 84.6 Å². The minimum Gasteiger partial charge on any atom is -0.478 e. The molecule has 2 heterocycles. The van der Waals surface area contributed by atoms with Crippen molar-refractivity contribution in [2.24, 2.45) is 7.05 Å². The minimum atomic E-state index is -1.09. The summed E-state index contributed by atoms with van der Waals surface area (Å²) in [5.74, 6) is -1.09. The van der Waals surface area contributed by atoms with E-state index in [2.05, 4.69) is 4.98 Å². The van der Waals surface area contributed by atoms with Crippen molar-refractivity contribution in [1.82, 2.24) is 9.55 Å². The van der Waals surface area contributed by atoms with Gasteiger partial charge in [0, 0.05) is 19.4 Å². The highest BCUT2D eigenvalue weighted by Gasteiger charge is 2.12. The molecule has 0 fully saturated rings. The van der Waals surface area contributed by atoms with Gasteiger partial charge in [-0.05, 0) is 12.1 Å². The number of carbonyl (C=O) groups is 1. The zero-order chi connectivity index (χ0) is 11.0. The maximum atomic E-state index is 11.6. The van der Waals surface area contributed by atoms with Gasteiger partial charge in [-0.1, -0.05) is 0 Å². The van der Waals surface area contributed by atoms with Crippen molar-refractivity contribution in [1.29, 1.82) is 0 Å². The molecule has 0 aliphatic carbocycles. The van der Waals surface area contributed by atoms with Crippen molar-refractivity contribution in [3.8, 4) is 0 Å². The zero-order valence-electron chi connectivity index (χ0n) is 7.97. The lowest BCUT2D eigenvalue weighted by atomic mass is 10.2. The predicted molar refractivity (Wildman–Crippen MR) is 53.9 cm³/mol. The number of hydrogen-bond donors (Lipinski definition) is 1. The molecule has 0 saturated heterocycles. The Morgan fingerprint density at radius 3 is 2.93 bits per heavy atom. The molecule has 2 aromatic rings. The van der Waals surface area contributed by atoms with Gasteiger partial charge < -0.3 is 9.67 Å². The van der Waals surface area contributed by atoms with Crippen molar-refractivity contribution in [3.05, 3.63) is 40.4 Å². The lowest BCUT2D eigenvalue weighted by Crippen LogP contribution is -2.19. The Kier molecular flexibility index (Phi) is 2.00. The van der Waals surface area contributed by atoms with Crippen LogP contribution in [0, 0.1) is 0 Å². The Morgan fingerprint density at radius 2 is 2.27 bits per heavy atom. The normalized spacial score (nSPS) is 10.5. The van der Waals surface area contributed by atoms with Crippen LogP contribution in [0.1, 0.15) is 10.4 Å². The van der Waals surface area contributed by atoms with Crippen LogP contribution in [-0.2, 0) is 7.05 Å². The van der Waals surface area contributed by atoms with Gasteiger partial charge in [-0.2, -0.15) is 0 Å². The molecule has 5 nitrogen and oxygen atoms in total. The van der Waals surface area contributed by atoms with Crippen LogP contribution in [0.2, 0.25) is 0 Å². The molecule has 15 heavy (non-hydrogen) atoms. The number of carboxylic acid groups (broad SMARTS) is 1. The Bertz CT molecular complexity index is 601. The Balaban J connectivity index is 3.01. The van der Waals surface area contributed by atoms with Crippen LogP contribution in [0.15, 0.2) is 29.3 Å². The van der Waals surface area contributed by atoms with Crippen molar-refractivity contribution in [2.75, 3.05) is 0 Å². The van der Waals surface area contributed by atoms with Crippen molar-refractivity contribution >= 4 is 16.9 Å². The van der Waals surface area contributed by atoms with Crippen LogP contribution in [0.5, 0.6) is 0 Å². The first-order valence-electron chi connectivity index (χ1n) is 4.29. The van der Waals surface area contributed by atoms with Gasteiger partial charge in [0.1, 0.15) is 5.56 Å². The third-order valence-electron chi connectivity index (χ3n) is 2.17. The molecule has 2 aromatic heterocycles.